The van der Waals surface area contributed by atoms with Crippen LogP contribution < -0.4 is 11.1 Å². The maximum absolute atomic E-state index is 14.1. The highest BCUT2D eigenvalue weighted by Crippen LogP contribution is 2.29. The molecule has 1 aromatic heterocycles. The molecular weight excluding hydrogens is 376 g/mol. The van der Waals surface area contributed by atoms with Gasteiger partial charge in [0.25, 0.3) is 5.91 Å². The molecule has 0 spiro atoms. The molecule has 0 unspecified atom stereocenters. The van der Waals surface area contributed by atoms with Gasteiger partial charge in [0.2, 0.25) is 0 Å². The van der Waals surface area contributed by atoms with Crippen molar-refractivity contribution in [1.29, 1.82) is 0 Å². The molecular formula is C19H16F4N4O. The lowest BCUT2D eigenvalue weighted by atomic mass is 10.1. The monoisotopic (exact) mass is 392 g/mol. The highest BCUT2D eigenvalue weighted by molar-refractivity contribution is 6.04. The molecule has 3 aromatic rings. The largest absolute Gasteiger partial charge is 0.416 e. The summed E-state index contributed by atoms with van der Waals surface area (Å²) >= 11 is 0. The first-order valence-corrected chi connectivity index (χ1v) is 8.29. The molecule has 0 aliphatic rings. The summed E-state index contributed by atoms with van der Waals surface area (Å²) < 4.78 is 52.4. The number of anilines is 2. The number of nitrogen functional groups attached to an aromatic ring is 1. The highest BCUT2D eigenvalue weighted by atomic mass is 19.4. The van der Waals surface area contributed by atoms with Crippen molar-refractivity contribution in [3.63, 3.8) is 0 Å². The van der Waals surface area contributed by atoms with Gasteiger partial charge in [-0.15, -0.1) is 0 Å². The Labute approximate surface area is 157 Å². The van der Waals surface area contributed by atoms with Crippen molar-refractivity contribution in [1.82, 2.24) is 10.2 Å². The van der Waals surface area contributed by atoms with Gasteiger partial charge in [0.05, 0.1) is 11.3 Å². The summed E-state index contributed by atoms with van der Waals surface area (Å²) in [5.74, 6) is -1.15. The van der Waals surface area contributed by atoms with Gasteiger partial charge in [-0.2, -0.15) is 18.3 Å². The second-order valence-corrected chi connectivity index (χ2v) is 6.16. The third-order valence-corrected chi connectivity index (χ3v) is 4.06. The summed E-state index contributed by atoms with van der Waals surface area (Å²) in [6.07, 6.45) is -3.48. The number of H-pyrrole nitrogens is 1. The molecule has 0 fully saturated rings. The van der Waals surface area contributed by atoms with Crippen LogP contribution in [0.25, 0.3) is 0 Å². The number of alkyl halides is 3. The van der Waals surface area contributed by atoms with Crippen LogP contribution in [0.2, 0.25) is 0 Å². The Kier molecular flexibility index (Phi) is 5.34. The summed E-state index contributed by atoms with van der Waals surface area (Å²) in [5.41, 5.74) is 5.79. The third kappa shape index (κ3) is 4.67. The number of aryl methyl sites for hydroxylation is 2. The molecule has 5 nitrogen and oxygen atoms in total. The number of aromatic nitrogens is 2. The standard InChI is InChI=1S/C19H16F4N4O/c20-15-7-5-11(4-6-14-10-17(24)27-26-14)8-16(15)25-18(28)12-2-1-3-13(9-12)19(21,22)23/h1-3,5,7-10H,4,6H2,(H,25,28)(H3,24,26,27). The molecule has 3 rings (SSSR count). The van der Waals surface area contributed by atoms with Crippen LogP contribution in [0, 0.1) is 5.82 Å². The van der Waals surface area contributed by atoms with E-state index in [0.29, 0.717) is 18.7 Å². The molecule has 146 valence electrons. The molecule has 1 amide bonds. The quantitative estimate of drug-likeness (QED) is 0.570. The van der Waals surface area contributed by atoms with E-state index in [0.717, 1.165) is 29.5 Å². The van der Waals surface area contributed by atoms with Crippen molar-refractivity contribution in [3.8, 4) is 0 Å². The normalized spacial score (nSPS) is 11.4. The van der Waals surface area contributed by atoms with Gasteiger partial charge in [-0.25, -0.2) is 4.39 Å². The number of benzene rings is 2. The lowest BCUT2D eigenvalue weighted by Gasteiger charge is -2.11. The molecule has 28 heavy (non-hydrogen) atoms. The minimum absolute atomic E-state index is 0.107. The topological polar surface area (TPSA) is 83.8 Å². The van der Waals surface area contributed by atoms with E-state index in [1.807, 2.05) is 0 Å². The van der Waals surface area contributed by atoms with Crippen LogP contribution in [-0.4, -0.2) is 16.1 Å². The van der Waals surface area contributed by atoms with Gasteiger partial charge in [0.1, 0.15) is 11.6 Å². The van der Waals surface area contributed by atoms with E-state index in [4.69, 9.17) is 5.73 Å². The number of halogens is 4. The van der Waals surface area contributed by atoms with E-state index in [9.17, 15) is 22.4 Å². The zero-order valence-corrected chi connectivity index (χ0v) is 14.5. The van der Waals surface area contributed by atoms with Crippen LogP contribution in [-0.2, 0) is 19.0 Å². The Morgan fingerprint density at radius 3 is 2.57 bits per heavy atom. The summed E-state index contributed by atoms with van der Waals surface area (Å²) in [4.78, 5) is 12.3. The molecule has 0 saturated heterocycles. The zero-order valence-electron chi connectivity index (χ0n) is 14.5. The molecule has 4 N–H and O–H groups in total. The van der Waals surface area contributed by atoms with Crippen LogP contribution in [0.5, 0.6) is 0 Å². The van der Waals surface area contributed by atoms with Gasteiger partial charge in [-0.05, 0) is 48.7 Å². The number of nitrogens with one attached hydrogen (secondary N) is 2. The van der Waals surface area contributed by atoms with E-state index < -0.39 is 23.5 Å². The molecule has 0 atom stereocenters. The predicted molar refractivity (Wildman–Crippen MR) is 96.2 cm³/mol. The number of rotatable bonds is 5. The number of hydrogen-bond acceptors (Lipinski definition) is 3. The Morgan fingerprint density at radius 2 is 1.89 bits per heavy atom. The van der Waals surface area contributed by atoms with Crippen LogP contribution in [0.3, 0.4) is 0 Å². The fraction of sp³-hybridized carbons (Fsp3) is 0.158. The Balaban J connectivity index is 1.73. The van der Waals surface area contributed by atoms with Gasteiger partial charge in [-0.3, -0.25) is 9.89 Å². The van der Waals surface area contributed by atoms with E-state index in [1.54, 1.807) is 12.1 Å². The van der Waals surface area contributed by atoms with Crippen molar-refractivity contribution in [2.75, 3.05) is 11.1 Å². The van der Waals surface area contributed by atoms with Crippen molar-refractivity contribution in [3.05, 3.63) is 76.7 Å². The lowest BCUT2D eigenvalue weighted by molar-refractivity contribution is -0.137. The van der Waals surface area contributed by atoms with E-state index in [1.165, 1.54) is 18.2 Å². The first kappa shape index (κ1) is 19.4. The molecule has 0 bridgehead atoms. The van der Waals surface area contributed by atoms with Crippen LogP contribution in [0.1, 0.15) is 27.2 Å². The molecule has 2 aromatic carbocycles. The van der Waals surface area contributed by atoms with E-state index >= 15 is 0 Å². The second kappa shape index (κ2) is 7.71. The number of carbonyl (C=O) groups excluding carboxylic acids is 1. The van der Waals surface area contributed by atoms with Gasteiger partial charge >= 0.3 is 6.18 Å². The van der Waals surface area contributed by atoms with Crippen molar-refractivity contribution in [2.45, 2.75) is 19.0 Å². The smallest absolute Gasteiger partial charge is 0.382 e. The van der Waals surface area contributed by atoms with E-state index in [-0.39, 0.29) is 11.3 Å². The first-order valence-electron chi connectivity index (χ1n) is 8.29. The fourth-order valence-electron chi connectivity index (χ4n) is 2.64. The van der Waals surface area contributed by atoms with Crippen molar-refractivity contribution < 1.29 is 22.4 Å². The Hall–Kier alpha value is -3.36. The fourth-order valence-corrected chi connectivity index (χ4v) is 2.64. The average molecular weight is 392 g/mol. The zero-order chi connectivity index (χ0) is 20.3. The van der Waals surface area contributed by atoms with Crippen LogP contribution in [0.15, 0.2) is 48.5 Å². The minimum atomic E-state index is -4.57. The summed E-state index contributed by atoms with van der Waals surface area (Å²) in [7, 11) is 0. The summed E-state index contributed by atoms with van der Waals surface area (Å²) in [6.45, 7) is 0. The van der Waals surface area contributed by atoms with Crippen LogP contribution in [0.4, 0.5) is 29.1 Å². The molecule has 0 saturated carbocycles. The number of carbonyl (C=O) groups is 1. The number of amides is 1. The van der Waals surface area contributed by atoms with Gasteiger partial charge in [0.15, 0.2) is 0 Å². The number of hydrogen-bond donors (Lipinski definition) is 3. The molecule has 0 aliphatic carbocycles. The van der Waals surface area contributed by atoms with Gasteiger partial charge in [0, 0.05) is 17.3 Å². The summed E-state index contributed by atoms with van der Waals surface area (Å²) in [5, 5.41) is 8.90. The lowest BCUT2D eigenvalue weighted by Crippen LogP contribution is -2.15. The average Bonchev–Trinajstić information content (AvgIpc) is 3.07. The minimum Gasteiger partial charge on any atom is -0.382 e. The number of aromatic amines is 1. The van der Waals surface area contributed by atoms with Gasteiger partial charge < -0.3 is 11.1 Å². The van der Waals surface area contributed by atoms with Crippen molar-refractivity contribution >= 4 is 17.4 Å². The highest BCUT2D eigenvalue weighted by Gasteiger charge is 2.30. The Morgan fingerprint density at radius 1 is 1.11 bits per heavy atom. The van der Waals surface area contributed by atoms with Crippen molar-refractivity contribution in [2.24, 2.45) is 0 Å². The molecule has 9 heteroatoms. The third-order valence-electron chi connectivity index (χ3n) is 4.06. The van der Waals surface area contributed by atoms with E-state index in [2.05, 4.69) is 15.5 Å². The van der Waals surface area contributed by atoms with Crippen LogP contribution >= 0.6 is 0 Å². The predicted octanol–water partition coefficient (Wildman–Crippen LogP) is 4.19. The number of nitrogens with two attached hydrogens (primary N) is 1. The molecule has 1 heterocycles. The molecule has 0 radical (unpaired) electrons. The Bertz CT molecular complexity index is 998. The summed E-state index contributed by atoms with van der Waals surface area (Å²) in [6, 6.07) is 9.82. The maximum Gasteiger partial charge on any atom is 0.416 e. The second-order valence-electron chi connectivity index (χ2n) is 6.16. The first-order chi connectivity index (χ1) is 13.2. The molecule has 0 aliphatic heterocycles. The number of nitrogens with zero attached hydrogens (tertiary/aromatic N) is 1. The SMILES string of the molecule is Nc1cc(CCc2ccc(F)c(NC(=O)c3cccc(C(F)(F)F)c3)c2)[nH]n1. The van der Waals surface area contributed by atoms with Gasteiger partial charge in [-0.1, -0.05) is 12.1 Å². The maximum atomic E-state index is 14.1.